The molecule has 3 rings (SSSR count). The Kier molecular flexibility index (Phi) is 4.47. The zero-order chi connectivity index (χ0) is 17.8. The van der Waals surface area contributed by atoms with Crippen molar-refractivity contribution in [2.45, 2.75) is 6.92 Å². The number of furan rings is 1. The number of aromatic amines is 1. The number of ketones is 1. The van der Waals surface area contributed by atoms with Crippen LogP contribution < -0.4 is 10.6 Å². The van der Waals surface area contributed by atoms with E-state index in [1.165, 1.54) is 25.5 Å². The molecule has 0 aliphatic heterocycles. The Morgan fingerprint density at radius 2 is 1.68 bits per heavy atom. The van der Waals surface area contributed by atoms with Crippen molar-refractivity contribution in [1.82, 2.24) is 4.98 Å². The van der Waals surface area contributed by atoms with Gasteiger partial charge in [0.2, 0.25) is 0 Å². The SMILES string of the molecule is CC(=O)c1c[nH]c(C(=O)Nc2cccc(NC(=O)c3ccco3)c2)c1. The van der Waals surface area contributed by atoms with Gasteiger partial charge in [-0.15, -0.1) is 0 Å². The number of rotatable bonds is 5. The molecule has 0 bridgehead atoms. The van der Waals surface area contributed by atoms with Crippen LogP contribution in [-0.2, 0) is 0 Å². The third-order valence-electron chi connectivity index (χ3n) is 3.46. The van der Waals surface area contributed by atoms with E-state index in [1.54, 1.807) is 36.4 Å². The first kappa shape index (κ1) is 16.3. The number of carbonyl (C=O) groups is 3. The van der Waals surface area contributed by atoms with Crippen LogP contribution in [0.15, 0.2) is 59.3 Å². The number of aromatic nitrogens is 1. The summed E-state index contributed by atoms with van der Waals surface area (Å²) in [5.41, 5.74) is 1.72. The highest BCUT2D eigenvalue weighted by atomic mass is 16.3. The molecule has 0 aliphatic rings. The summed E-state index contributed by atoms with van der Waals surface area (Å²) in [5, 5.41) is 5.38. The molecule has 0 saturated heterocycles. The minimum Gasteiger partial charge on any atom is -0.459 e. The van der Waals surface area contributed by atoms with Crippen LogP contribution >= 0.6 is 0 Å². The van der Waals surface area contributed by atoms with E-state index >= 15 is 0 Å². The first-order valence-corrected chi connectivity index (χ1v) is 7.48. The molecular weight excluding hydrogens is 322 g/mol. The van der Waals surface area contributed by atoms with Crippen molar-refractivity contribution in [3.05, 3.63) is 71.9 Å². The lowest BCUT2D eigenvalue weighted by Crippen LogP contribution is -2.13. The van der Waals surface area contributed by atoms with E-state index in [0.29, 0.717) is 16.9 Å². The number of hydrogen-bond donors (Lipinski definition) is 3. The van der Waals surface area contributed by atoms with Crippen molar-refractivity contribution in [2.24, 2.45) is 0 Å². The molecule has 126 valence electrons. The van der Waals surface area contributed by atoms with Gasteiger partial charge >= 0.3 is 0 Å². The average Bonchev–Trinajstić information content (AvgIpc) is 3.27. The Bertz CT molecular complexity index is 925. The van der Waals surface area contributed by atoms with Gasteiger partial charge in [0, 0.05) is 23.1 Å². The van der Waals surface area contributed by atoms with Crippen LogP contribution in [0.25, 0.3) is 0 Å². The third kappa shape index (κ3) is 3.84. The van der Waals surface area contributed by atoms with Crippen LogP contribution in [-0.4, -0.2) is 22.6 Å². The predicted molar refractivity (Wildman–Crippen MR) is 91.9 cm³/mol. The maximum absolute atomic E-state index is 12.2. The summed E-state index contributed by atoms with van der Waals surface area (Å²) in [6.45, 7) is 1.43. The smallest absolute Gasteiger partial charge is 0.291 e. The fourth-order valence-electron chi connectivity index (χ4n) is 2.20. The number of Topliss-reactive ketones (excluding diaryl/α,β-unsaturated/α-hetero) is 1. The average molecular weight is 337 g/mol. The van der Waals surface area contributed by atoms with Gasteiger partial charge in [0.15, 0.2) is 11.5 Å². The molecular formula is C18H15N3O4. The number of anilines is 2. The standard InChI is InChI=1S/C18H15N3O4/c1-11(22)12-8-15(19-10-12)17(23)20-13-4-2-5-14(9-13)21-18(24)16-6-3-7-25-16/h2-10,19H,1H3,(H,20,23)(H,21,24). The molecule has 7 nitrogen and oxygen atoms in total. The number of nitrogens with one attached hydrogen (secondary N) is 3. The molecule has 3 N–H and O–H groups in total. The summed E-state index contributed by atoms with van der Waals surface area (Å²) in [6.07, 6.45) is 2.90. The molecule has 25 heavy (non-hydrogen) atoms. The van der Waals surface area contributed by atoms with E-state index in [9.17, 15) is 14.4 Å². The Hall–Kier alpha value is -3.61. The quantitative estimate of drug-likeness (QED) is 0.621. The molecule has 2 heterocycles. The summed E-state index contributed by atoms with van der Waals surface area (Å²) in [7, 11) is 0. The maximum Gasteiger partial charge on any atom is 0.291 e. The first-order valence-electron chi connectivity index (χ1n) is 7.48. The highest BCUT2D eigenvalue weighted by Crippen LogP contribution is 2.17. The van der Waals surface area contributed by atoms with Crippen LogP contribution in [0.2, 0.25) is 0 Å². The van der Waals surface area contributed by atoms with Crippen molar-refractivity contribution in [3.63, 3.8) is 0 Å². The van der Waals surface area contributed by atoms with Crippen LogP contribution in [0.3, 0.4) is 0 Å². The molecule has 3 aromatic rings. The fourth-order valence-corrected chi connectivity index (χ4v) is 2.20. The fraction of sp³-hybridized carbons (Fsp3) is 0.0556. The van der Waals surface area contributed by atoms with Gasteiger partial charge in [-0.05, 0) is 43.3 Å². The summed E-state index contributed by atoms with van der Waals surface area (Å²) in [4.78, 5) is 38.2. The molecule has 0 atom stereocenters. The largest absolute Gasteiger partial charge is 0.459 e. The van der Waals surface area contributed by atoms with Crippen molar-refractivity contribution in [2.75, 3.05) is 10.6 Å². The lowest BCUT2D eigenvalue weighted by molar-refractivity contribution is 0.0992. The zero-order valence-corrected chi connectivity index (χ0v) is 13.3. The van der Waals surface area contributed by atoms with Crippen molar-refractivity contribution in [3.8, 4) is 0 Å². The molecule has 0 unspecified atom stereocenters. The van der Waals surface area contributed by atoms with Gasteiger partial charge in [0.05, 0.1) is 6.26 Å². The van der Waals surface area contributed by atoms with Gasteiger partial charge < -0.3 is 20.0 Å². The van der Waals surface area contributed by atoms with Crippen molar-refractivity contribution < 1.29 is 18.8 Å². The minimum atomic E-state index is -0.387. The Morgan fingerprint density at radius 3 is 2.28 bits per heavy atom. The summed E-state index contributed by atoms with van der Waals surface area (Å²) >= 11 is 0. The van der Waals surface area contributed by atoms with Crippen molar-refractivity contribution in [1.29, 1.82) is 0 Å². The van der Waals surface area contributed by atoms with E-state index in [2.05, 4.69) is 15.6 Å². The normalized spacial score (nSPS) is 10.3. The minimum absolute atomic E-state index is 0.127. The Balaban J connectivity index is 1.69. The highest BCUT2D eigenvalue weighted by molar-refractivity contribution is 6.06. The molecule has 1 aromatic carbocycles. The Morgan fingerprint density at radius 1 is 0.960 bits per heavy atom. The van der Waals surface area contributed by atoms with E-state index in [1.807, 2.05) is 0 Å². The second kappa shape index (κ2) is 6.88. The van der Waals surface area contributed by atoms with Crippen LogP contribution in [0.1, 0.15) is 38.3 Å². The van der Waals surface area contributed by atoms with Gasteiger partial charge in [-0.25, -0.2) is 0 Å². The number of amides is 2. The molecule has 0 spiro atoms. The van der Waals surface area contributed by atoms with Crippen LogP contribution in [0, 0.1) is 0 Å². The van der Waals surface area contributed by atoms with Gasteiger partial charge in [0.1, 0.15) is 5.69 Å². The summed E-state index contributed by atoms with van der Waals surface area (Å²) < 4.78 is 5.03. The lowest BCUT2D eigenvalue weighted by atomic mass is 10.2. The molecule has 2 aromatic heterocycles. The lowest BCUT2D eigenvalue weighted by Gasteiger charge is -2.07. The summed E-state index contributed by atoms with van der Waals surface area (Å²) in [5.74, 6) is -0.707. The highest BCUT2D eigenvalue weighted by Gasteiger charge is 2.12. The molecule has 2 amide bonds. The topological polar surface area (TPSA) is 104 Å². The zero-order valence-electron chi connectivity index (χ0n) is 13.3. The van der Waals surface area contributed by atoms with E-state index in [4.69, 9.17) is 4.42 Å². The number of H-pyrrole nitrogens is 1. The van der Waals surface area contributed by atoms with Crippen LogP contribution in [0.5, 0.6) is 0 Å². The summed E-state index contributed by atoms with van der Waals surface area (Å²) in [6, 6.07) is 11.4. The first-order chi connectivity index (χ1) is 12.0. The van der Waals surface area contributed by atoms with E-state index in [-0.39, 0.29) is 29.1 Å². The van der Waals surface area contributed by atoms with Crippen molar-refractivity contribution >= 4 is 29.0 Å². The van der Waals surface area contributed by atoms with Crippen LogP contribution in [0.4, 0.5) is 11.4 Å². The van der Waals surface area contributed by atoms with E-state index in [0.717, 1.165) is 0 Å². The third-order valence-corrected chi connectivity index (χ3v) is 3.46. The van der Waals surface area contributed by atoms with Gasteiger partial charge in [-0.2, -0.15) is 0 Å². The molecule has 0 saturated carbocycles. The number of benzene rings is 1. The Labute approximate surface area is 143 Å². The number of hydrogen-bond acceptors (Lipinski definition) is 4. The molecule has 0 aliphatic carbocycles. The molecule has 0 fully saturated rings. The molecule has 7 heteroatoms. The monoisotopic (exact) mass is 337 g/mol. The maximum atomic E-state index is 12.2. The second-order valence-corrected chi connectivity index (χ2v) is 5.32. The van der Waals surface area contributed by atoms with Gasteiger partial charge in [-0.3, -0.25) is 14.4 Å². The van der Waals surface area contributed by atoms with Gasteiger partial charge in [0.25, 0.3) is 11.8 Å². The van der Waals surface area contributed by atoms with Gasteiger partial charge in [-0.1, -0.05) is 6.07 Å². The second-order valence-electron chi connectivity index (χ2n) is 5.32. The molecule has 0 radical (unpaired) electrons. The van der Waals surface area contributed by atoms with E-state index < -0.39 is 0 Å². The number of carbonyl (C=O) groups excluding carboxylic acids is 3. The predicted octanol–water partition coefficient (Wildman–Crippen LogP) is 3.31.